The second kappa shape index (κ2) is 8.06. The van der Waals surface area contributed by atoms with Gasteiger partial charge in [-0.2, -0.15) is 13.2 Å². The molecule has 1 aromatic heterocycles. The molecule has 0 amide bonds. The third-order valence-corrected chi connectivity index (χ3v) is 5.39. The lowest BCUT2D eigenvalue weighted by Gasteiger charge is -2.31. The number of aryl methyl sites for hydroxylation is 1. The number of anilines is 2. The molecule has 0 spiro atoms. The average molecular weight is 416 g/mol. The molecule has 0 radical (unpaired) electrons. The van der Waals surface area contributed by atoms with Gasteiger partial charge in [-0.05, 0) is 54.5 Å². The normalized spacial score (nSPS) is 16.0. The fourth-order valence-corrected chi connectivity index (χ4v) is 3.75. The van der Waals surface area contributed by atoms with E-state index in [-0.39, 0.29) is 0 Å². The lowest BCUT2D eigenvalue weighted by atomic mass is 10.0. The van der Waals surface area contributed by atoms with Crippen molar-refractivity contribution in [1.29, 1.82) is 0 Å². The Balaban J connectivity index is 1.67. The van der Waals surface area contributed by atoms with Gasteiger partial charge in [-0.3, -0.25) is 0 Å². The summed E-state index contributed by atoms with van der Waals surface area (Å²) in [5.41, 5.74) is 2.75. The number of rotatable bonds is 4. The minimum atomic E-state index is -4.38. The van der Waals surface area contributed by atoms with Crippen LogP contribution in [0.1, 0.15) is 29.7 Å². The minimum Gasteiger partial charge on any atom is -0.369 e. The van der Waals surface area contributed by atoms with Gasteiger partial charge in [0.05, 0.1) is 17.1 Å². The first-order chi connectivity index (χ1) is 14.3. The zero-order chi connectivity index (χ0) is 21.3. The van der Waals surface area contributed by atoms with Gasteiger partial charge in [0.1, 0.15) is 0 Å². The fourth-order valence-electron chi connectivity index (χ4n) is 3.75. The number of aromatic nitrogens is 3. The SMILES string of the molecule is Cc1cc2nnnc(N[C@H](C)c3cccc(C(F)(F)F)c3)c2cc1N1CCNCC1. The van der Waals surface area contributed by atoms with Crippen LogP contribution >= 0.6 is 0 Å². The predicted octanol–water partition coefficient (Wildman–Crippen LogP) is 3.93. The van der Waals surface area contributed by atoms with Crippen molar-refractivity contribution in [1.82, 2.24) is 20.7 Å². The van der Waals surface area contributed by atoms with E-state index in [1.807, 2.05) is 19.1 Å². The lowest BCUT2D eigenvalue weighted by molar-refractivity contribution is -0.137. The highest BCUT2D eigenvalue weighted by Gasteiger charge is 2.30. The zero-order valence-corrected chi connectivity index (χ0v) is 16.8. The molecule has 0 aliphatic carbocycles. The molecule has 1 saturated heterocycles. The maximum atomic E-state index is 13.1. The van der Waals surface area contributed by atoms with Crippen LogP contribution in [0.4, 0.5) is 24.7 Å². The van der Waals surface area contributed by atoms with E-state index < -0.39 is 17.8 Å². The molecule has 1 atom stereocenters. The van der Waals surface area contributed by atoms with Crippen LogP contribution < -0.4 is 15.5 Å². The first-order valence-corrected chi connectivity index (χ1v) is 9.86. The van der Waals surface area contributed by atoms with Gasteiger partial charge >= 0.3 is 6.18 Å². The molecule has 0 unspecified atom stereocenters. The van der Waals surface area contributed by atoms with Crippen LogP contribution in [-0.4, -0.2) is 41.6 Å². The van der Waals surface area contributed by atoms with Gasteiger partial charge in [0.15, 0.2) is 5.82 Å². The molecule has 2 heterocycles. The smallest absolute Gasteiger partial charge is 0.369 e. The summed E-state index contributed by atoms with van der Waals surface area (Å²) >= 11 is 0. The fraction of sp³-hybridized carbons (Fsp3) is 0.381. The molecule has 4 rings (SSSR count). The van der Waals surface area contributed by atoms with Gasteiger partial charge in [-0.1, -0.05) is 12.1 Å². The van der Waals surface area contributed by atoms with E-state index in [0.29, 0.717) is 16.9 Å². The van der Waals surface area contributed by atoms with Crippen molar-refractivity contribution in [3.63, 3.8) is 0 Å². The molecule has 2 aromatic carbocycles. The average Bonchev–Trinajstić information content (AvgIpc) is 2.73. The highest BCUT2D eigenvalue weighted by atomic mass is 19.4. The van der Waals surface area contributed by atoms with Crippen LogP contribution in [0.3, 0.4) is 0 Å². The molecule has 0 bridgehead atoms. The van der Waals surface area contributed by atoms with Crippen molar-refractivity contribution in [3.05, 3.63) is 53.1 Å². The highest BCUT2D eigenvalue weighted by Crippen LogP contribution is 2.33. The number of benzene rings is 2. The molecule has 158 valence electrons. The van der Waals surface area contributed by atoms with Crippen LogP contribution in [0.2, 0.25) is 0 Å². The van der Waals surface area contributed by atoms with Crippen LogP contribution in [0.15, 0.2) is 36.4 Å². The molecule has 1 aliphatic rings. The third-order valence-electron chi connectivity index (χ3n) is 5.39. The molecular formula is C21H23F3N6. The Morgan fingerprint density at radius 1 is 1.10 bits per heavy atom. The van der Waals surface area contributed by atoms with Gasteiger partial charge in [-0.15, -0.1) is 10.2 Å². The molecule has 1 aliphatic heterocycles. The highest BCUT2D eigenvalue weighted by molar-refractivity contribution is 5.92. The molecular weight excluding hydrogens is 393 g/mol. The quantitative estimate of drug-likeness (QED) is 0.672. The number of fused-ring (bicyclic) bond motifs is 1. The number of hydrogen-bond donors (Lipinski definition) is 2. The summed E-state index contributed by atoms with van der Waals surface area (Å²) in [4.78, 5) is 2.31. The summed E-state index contributed by atoms with van der Waals surface area (Å²) in [5.74, 6) is 0.501. The van der Waals surface area contributed by atoms with Gasteiger partial charge in [-0.25, -0.2) is 0 Å². The van der Waals surface area contributed by atoms with Crippen molar-refractivity contribution in [2.45, 2.75) is 26.1 Å². The number of alkyl halides is 3. The zero-order valence-electron chi connectivity index (χ0n) is 16.8. The van der Waals surface area contributed by atoms with Crippen molar-refractivity contribution in [2.24, 2.45) is 0 Å². The molecule has 0 saturated carbocycles. The van der Waals surface area contributed by atoms with Crippen molar-refractivity contribution >= 4 is 22.4 Å². The Labute approximate surface area is 172 Å². The lowest BCUT2D eigenvalue weighted by Crippen LogP contribution is -2.43. The summed E-state index contributed by atoms with van der Waals surface area (Å²) in [6, 6.07) is 8.93. The van der Waals surface area contributed by atoms with Crippen molar-refractivity contribution in [3.8, 4) is 0 Å². The van der Waals surface area contributed by atoms with E-state index in [2.05, 4.69) is 30.9 Å². The van der Waals surface area contributed by atoms with Gasteiger partial charge < -0.3 is 15.5 Å². The summed E-state index contributed by atoms with van der Waals surface area (Å²) in [6.07, 6.45) is -4.38. The molecule has 3 aromatic rings. The number of halogens is 3. The third kappa shape index (κ3) is 4.16. The molecule has 2 N–H and O–H groups in total. The Morgan fingerprint density at radius 3 is 2.60 bits per heavy atom. The topological polar surface area (TPSA) is 66.0 Å². The Morgan fingerprint density at radius 2 is 1.87 bits per heavy atom. The molecule has 9 heteroatoms. The van der Waals surface area contributed by atoms with Crippen molar-refractivity contribution < 1.29 is 13.2 Å². The van der Waals surface area contributed by atoms with E-state index in [1.54, 1.807) is 13.0 Å². The second-order valence-corrected chi connectivity index (χ2v) is 7.52. The van der Waals surface area contributed by atoms with Crippen LogP contribution in [0.5, 0.6) is 0 Å². The minimum absolute atomic E-state index is 0.392. The number of nitrogens with one attached hydrogen (secondary N) is 2. The second-order valence-electron chi connectivity index (χ2n) is 7.52. The summed E-state index contributed by atoms with van der Waals surface area (Å²) in [6.45, 7) is 7.49. The Hall–Kier alpha value is -2.94. The summed E-state index contributed by atoms with van der Waals surface area (Å²) in [7, 11) is 0. The molecule has 6 nitrogen and oxygen atoms in total. The summed E-state index contributed by atoms with van der Waals surface area (Å²) in [5, 5.41) is 19.5. The maximum absolute atomic E-state index is 13.1. The van der Waals surface area contributed by atoms with Crippen LogP contribution in [-0.2, 0) is 6.18 Å². The van der Waals surface area contributed by atoms with E-state index in [4.69, 9.17) is 0 Å². The predicted molar refractivity (Wildman–Crippen MR) is 111 cm³/mol. The standard InChI is InChI=1S/C21H23F3N6/c1-13-10-18-17(12-19(13)30-8-6-25-7-9-30)20(28-29-27-18)26-14(2)15-4-3-5-16(11-15)21(22,23)24/h3-5,10-12,14,25H,6-9H2,1-2H3,(H,26,27,28)/t14-/m1/s1. The van der Waals surface area contributed by atoms with Gasteiger partial charge in [0.25, 0.3) is 0 Å². The van der Waals surface area contributed by atoms with Crippen LogP contribution in [0.25, 0.3) is 10.9 Å². The first-order valence-electron chi connectivity index (χ1n) is 9.86. The Bertz CT molecular complexity index is 1050. The Kier molecular flexibility index (Phi) is 5.46. The van der Waals surface area contributed by atoms with Crippen molar-refractivity contribution in [2.75, 3.05) is 36.4 Å². The van der Waals surface area contributed by atoms with Gasteiger partial charge in [0, 0.05) is 37.3 Å². The van der Waals surface area contributed by atoms with E-state index in [0.717, 1.165) is 54.9 Å². The summed E-state index contributed by atoms with van der Waals surface area (Å²) < 4.78 is 39.2. The number of nitrogens with zero attached hydrogens (tertiary/aromatic N) is 4. The van der Waals surface area contributed by atoms with E-state index >= 15 is 0 Å². The van der Waals surface area contributed by atoms with E-state index in [1.165, 1.54) is 6.07 Å². The first kappa shape index (κ1) is 20.3. The van der Waals surface area contributed by atoms with E-state index in [9.17, 15) is 13.2 Å². The number of piperazine rings is 1. The monoisotopic (exact) mass is 416 g/mol. The number of hydrogen-bond acceptors (Lipinski definition) is 6. The largest absolute Gasteiger partial charge is 0.416 e. The van der Waals surface area contributed by atoms with Gasteiger partial charge in [0.2, 0.25) is 0 Å². The maximum Gasteiger partial charge on any atom is 0.416 e. The van der Waals surface area contributed by atoms with Crippen LogP contribution in [0, 0.1) is 6.92 Å². The molecule has 1 fully saturated rings. The molecule has 30 heavy (non-hydrogen) atoms.